The zero-order valence-corrected chi connectivity index (χ0v) is 8.45. The first-order valence-corrected chi connectivity index (χ1v) is 5.17. The van der Waals surface area contributed by atoms with Gasteiger partial charge in [0.2, 0.25) is 5.13 Å². The van der Waals surface area contributed by atoms with Crippen molar-refractivity contribution >= 4 is 27.4 Å². The fourth-order valence-corrected chi connectivity index (χ4v) is 2.03. The molecule has 0 bridgehead atoms. The van der Waals surface area contributed by atoms with E-state index >= 15 is 0 Å². The smallest absolute Gasteiger partial charge is 0.203 e. The van der Waals surface area contributed by atoms with Gasteiger partial charge in [-0.2, -0.15) is 5.10 Å². The van der Waals surface area contributed by atoms with E-state index in [-0.39, 0.29) is 0 Å². The molecular weight excluding hydrogens is 210 g/mol. The van der Waals surface area contributed by atoms with E-state index in [1.54, 1.807) is 6.20 Å². The minimum Gasteiger partial charge on any atom is -0.374 e. The largest absolute Gasteiger partial charge is 0.374 e. The maximum Gasteiger partial charge on any atom is 0.203 e. The van der Waals surface area contributed by atoms with Crippen LogP contribution in [0.5, 0.6) is 0 Å². The highest BCUT2D eigenvalue weighted by molar-refractivity contribution is 7.18. The average Bonchev–Trinajstić information content (AvgIpc) is 2.84. The van der Waals surface area contributed by atoms with Gasteiger partial charge in [0.25, 0.3) is 0 Å². The first-order chi connectivity index (χ1) is 7.33. The molecule has 0 saturated carbocycles. The second-order valence-electron chi connectivity index (χ2n) is 3.12. The molecule has 15 heavy (non-hydrogen) atoms. The third-order valence-corrected chi connectivity index (χ3v) is 2.93. The molecule has 0 spiro atoms. The van der Waals surface area contributed by atoms with Crippen molar-refractivity contribution in [1.29, 1.82) is 0 Å². The molecule has 2 aromatic heterocycles. The zero-order valence-electron chi connectivity index (χ0n) is 7.64. The molecule has 5 nitrogen and oxygen atoms in total. The minimum absolute atomic E-state index is 0.484. The van der Waals surface area contributed by atoms with Gasteiger partial charge in [-0.3, -0.25) is 5.10 Å². The van der Waals surface area contributed by atoms with Gasteiger partial charge in [-0.25, -0.2) is 0 Å². The number of aromatic amines is 1. The summed E-state index contributed by atoms with van der Waals surface area (Å²) < 4.78 is 0. The number of nitrogens with one attached hydrogen (secondary N) is 1. The number of fused-ring (bicyclic) bond motifs is 1. The van der Waals surface area contributed by atoms with Crippen molar-refractivity contribution in [3.8, 4) is 10.6 Å². The summed E-state index contributed by atoms with van der Waals surface area (Å²) >= 11 is 1.38. The van der Waals surface area contributed by atoms with Gasteiger partial charge >= 0.3 is 0 Å². The molecule has 3 N–H and O–H groups in total. The van der Waals surface area contributed by atoms with Crippen molar-refractivity contribution in [2.45, 2.75) is 0 Å². The predicted molar refractivity (Wildman–Crippen MR) is 59.4 cm³/mol. The molecule has 1 aromatic carbocycles. The van der Waals surface area contributed by atoms with Crippen molar-refractivity contribution in [3.63, 3.8) is 0 Å². The fraction of sp³-hybridized carbons (Fsp3) is 0. The lowest BCUT2D eigenvalue weighted by Gasteiger charge is -1.94. The van der Waals surface area contributed by atoms with Crippen molar-refractivity contribution in [3.05, 3.63) is 24.4 Å². The molecule has 3 rings (SSSR count). The first-order valence-electron chi connectivity index (χ1n) is 4.35. The Morgan fingerprint density at radius 2 is 2.20 bits per heavy atom. The SMILES string of the molecule is Nc1nnc(-c2ccc3[nH]ncc3c2)s1. The molecule has 0 unspecified atom stereocenters. The van der Waals surface area contributed by atoms with Crippen molar-refractivity contribution in [2.75, 3.05) is 5.73 Å². The maximum atomic E-state index is 5.53. The number of rotatable bonds is 1. The molecule has 0 saturated heterocycles. The molecule has 0 aliphatic heterocycles. The monoisotopic (exact) mass is 217 g/mol. The molecule has 2 heterocycles. The van der Waals surface area contributed by atoms with Crippen molar-refractivity contribution in [2.24, 2.45) is 0 Å². The van der Waals surface area contributed by atoms with Crippen LogP contribution in [0.4, 0.5) is 5.13 Å². The Morgan fingerprint density at radius 1 is 1.27 bits per heavy atom. The van der Waals surface area contributed by atoms with Gasteiger partial charge < -0.3 is 5.73 Å². The van der Waals surface area contributed by atoms with Crippen LogP contribution in [0.25, 0.3) is 21.5 Å². The lowest BCUT2D eigenvalue weighted by Crippen LogP contribution is -1.80. The minimum atomic E-state index is 0.484. The van der Waals surface area contributed by atoms with Crippen LogP contribution in [0.15, 0.2) is 24.4 Å². The summed E-state index contributed by atoms with van der Waals surface area (Å²) in [5, 5.41) is 17.0. The van der Waals surface area contributed by atoms with Crippen molar-refractivity contribution in [1.82, 2.24) is 20.4 Å². The number of nitrogens with zero attached hydrogens (tertiary/aromatic N) is 3. The normalized spacial score (nSPS) is 10.9. The summed E-state index contributed by atoms with van der Waals surface area (Å²) in [7, 11) is 0. The number of anilines is 1. The highest BCUT2D eigenvalue weighted by Gasteiger charge is 2.05. The second kappa shape index (κ2) is 3.03. The summed E-state index contributed by atoms with van der Waals surface area (Å²) in [5.74, 6) is 0. The van der Waals surface area contributed by atoms with Crippen LogP contribution in [-0.2, 0) is 0 Å². The van der Waals surface area contributed by atoms with E-state index in [4.69, 9.17) is 5.73 Å². The van der Waals surface area contributed by atoms with Crippen LogP contribution in [0, 0.1) is 0 Å². The summed E-state index contributed by atoms with van der Waals surface area (Å²) in [6.07, 6.45) is 1.78. The first kappa shape index (κ1) is 8.37. The van der Waals surface area contributed by atoms with E-state index in [0.717, 1.165) is 21.5 Å². The summed E-state index contributed by atoms with van der Waals surface area (Å²) in [6.45, 7) is 0. The Bertz CT molecular complexity index is 612. The average molecular weight is 217 g/mol. The van der Waals surface area contributed by atoms with Gasteiger partial charge in [-0.15, -0.1) is 10.2 Å². The summed E-state index contributed by atoms with van der Waals surface area (Å²) in [5.41, 5.74) is 7.56. The molecule has 74 valence electrons. The molecule has 0 amide bonds. The van der Waals surface area contributed by atoms with Gasteiger partial charge in [-0.1, -0.05) is 11.3 Å². The number of hydrogen-bond acceptors (Lipinski definition) is 5. The molecule has 0 fully saturated rings. The van der Waals surface area contributed by atoms with Gasteiger partial charge in [-0.05, 0) is 18.2 Å². The topological polar surface area (TPSA) is 80.5 Å². The predicted octanol–water partition coefficient (Wildman–Crippen LogP) is 1.66. The summed E-state index contributed by atoms with van der Waals surface area (Å²) in [6, 6.07) is 5.95. The number of aromatic nitrogens is 4. The van der Waals surface area contributed by atoms with E-state index in [1.807, 2.05) is 18.2 Å². The molecular formula is C9H7N5S. The lowest BCUT2D eigenvalue weighted by atomic mass is 10.2. The highest BCUT2D eigenvalue weighted by atomic mass is 32.1. The van der Waals surface area contributed by atoms with E-state index in [2.05, 4.69) is 20.4 Å². The van der Waals surface area contributed by atoms with Crippen LogP contribution in [-0.4, -0.2) is 20.4 Å². The maximum absolute atomic E-state index is 5.53. The van der Waals surface area contributed by atoms with Crippen LogP contribution in [0.2, 0.25) is 0 Å². The van der Waals surface area contributed by atoms with Gasteiger partial charge in [0.15, 0.2) is 0 Å². The van der Waals surface area contributed by atoms with Gasteiger partial charge in [0.05, 0.1) is 11.7 Å². The standard InChI is InChI=1S/C9H7N5S/c10-9-14-13-8(15-9)5-1-2-7-6(3-5)4-11-12-7/h1-4H,(H2,10,14)(H,11,12). The fourth-order valence-electron chi connectivity index (χ4n) is 1.43. The van der Waals surface area contributed by atoms with Crippen LogP contribution in [0.3, 0.4) is 0 Å². The molecule has 0 atom stereocenters. The van der Waals surface area contributed by atoms with Crippen LogP contribution >= 0.6 is 11.3 Å². The molecule has 0 radical (unpaired) electrons. The zero-order chi connectivity index (χ0) is 10.3. The third-order valence-electron chi connectivity index (χ3n) is 2.13. The van der Waals surface area contributed by atoms with Gasteiger partial charge in [0.1, 0.15) is 5.01 Å². The molecule has 0 aliphatic carbocycles. The summed E-state index contributed by atoms with van der Waals surface area (Å²) in [4.78, 5) is 0. The van der Waals surface area contributed by atoms with Crippen molar-refractivity contribution < 1.29 is 0 Å². The number of hydrogen-bond donors (Lipinski definition) is 2. The highest BCUT2D eigenvalue weighted by Crippen LogP contribution is 2.26. The van der Waals surface area contributed by atoms with Crippen LogP contribution < -0.4 is 5.73 Å². The number of nitrogen functional groups attached to an aromatic ring is 1. The van der Waals surface area contributed by atoms with E-state index in [0.29, 0.717) is 5.13 Å². The Morgan fingerprint density at radius 3 is 3.00 bits per heavy atom. The molecule has 6 heteroatoms. The third kappa shape index (κ3) is 1.35. The Labute approximate surface area is 89.0 Å². The van der Waals surface area contributed by atoms with E-state index < -0.39 is 0 Å². The Kier molecular flexibility index (Phi) is 1.69. The number of H-pyrrole nitrogens is 1. The second-order valence-corrected chi connectivity index (χ2v) is 4.13. The molecule has 0 aliphatic rings. The number of benzene rings is 1. The van der Waals surface area contributed by atoms with Crippen LogP contribution in [0.1, 0.15) is 0 Å². The number of nitrogens with two attached hydrogens (primary N) is 1. The molecule has 3 aromatic rings. The quantitative estimate of drug-likeness (QED) is 0.649. The Balaban J connectivity index is 2.18. The lowest BCUT2D eigenvalue weighted by molar-refractivity contribution is 1.10. The van der Waals surface area contributed by atoms with E-state index in [9.17, 15) is 0 Å². The van der Waals surface area contributed by atoms with E-state index in [1.165, 1.54) is 11.3 Å². The van der Waals surface area contributed by atoms with Gasteiger partial charge in [0, 0.05) is 10.9 Å². The Hall–Kier alpha value is -1.95.